The minimum absolute atomic E-state index is 0.185. The standard InChI is InChI=1S/C20H18FN3O3S2/c1-12-9-15-10-14(5-8-18(15)24(12)29(2,26)27)19(25)23-20-22-17(11-28-20)13-3-6-16(21)7-4-13/h3-8,10-12H,9H2,1-2H3,(H,22,23,25)/t12-/m1/s1. The van der Waals surface area contributed by atoms with Gasteiger partial charge in [-0.2, -0.15) is 0 Å². The van der Waals surface area contributed by atoms with Crippen LogP contribution >= 0.6 is 11.3 Å². The number of benzene rings is 2. The Balaban J connectivity index is 1.53. The van der Waals surface area contributed by atoms with E-state index in [9.17, 15) is 17.6 Å². The molecule has 1 amide bonds. The fourth-order valence-electron chi connectivity index (χ4n) is 3.50. The SMILES string of the molecule is C[C@@H]1Cc2cc(C(=O)Nc3nc(-c4ccc(F)cc4)cs3)ccc2N1S(C)(=O)=O. The Bertz CT molecular complexity index is 1190. The summed E-state index contributed by atoms with van der Waals surface area (Å²) in [6, 6.07) is 10.8. The molecule has 4 rings (SSSR count). The van der Waals surface area contributed by atoms with E-state index in [2.05, 4.69) is 10.3 Å². The molecule has 1 atom stereocenters. The van der Waals surface area contributed by atoms with Gasteiger partial charge in [-0.25, -0.2) is 17.8 Å². The Hall–Kier alpha value is -2.78. The first-order valence-corrected chi connectivity index (χ1v) is 11.6. The van der Waals surface area contributed by atoms with Gasteiger partial charge in [0.15, 0.2) is 5.13 Å². The first-order valence-electron chi connectivity index (χ1n) is 8.87. The van der Waals surface area contributed by atoms with Gasteiger partial charge in [-0.3, -0.25) is 14.4 Å². The third kappa shape index (κ3) is 3.88. The summed E-state index contributed by atoms with van der Waals surface area (Å²) in [5.74, 6) is -0.642. The van der Waals surface area contributed by atoms with Gasteiger partial charge in [-0.1, -0.05) is 0 Å². The molecule has 2 heterocycles. The molecule has 1 aliphatic rings. The number of amides is 1. The van der Waals surface area contributed by atoms with E-state index in [1.165, 1.54) is 34.0 Å². The van der Waals surface area contributed by atoms with Crippen LogP contribution in [-0.2, 0) is 16.4 Å². The molecule has 0 bridgehead atoms. The molecular weight excluding hydrogens is 413 g/mol. The monoisotopic (exact) mass is 431 g/mol. The molecule has 1 aromatic heterocycles. The average Bonchev–Trinajstić information content (AvgIpc) is 3.24. The van der Waals surface area contributed by atoms with Crippen molar-refractivity contribution >= 4 is 38.1 Å². The highest BCUT2D eigenvalue weighted by Gasteiger charge is 2.32. The summed E-state index contributed by atoms with van der Waals surface area (Å²) >= 11 is 1.28. The summed E-state index contributed by atoms with van der Waals surface area (Å²) in [6.45, 7) is 1.84. The molecule has 0 unspecified atom stereocenters. The predicted molar refractivity (Wildman–Crippen MR) is 112 cm³/mol. The van der Waals surface area contributed by atoms with Crippen LogP contribution in [0.3, 0.4) is 0 Å². The zero-order chi connectivity index (χ0) is 20.8. The molecule has 2 aromatic carbocycles. The van der Waals surface area contributed by atoms with Crippen molar-refractivity contribution in [2.45, 2.75) is 19.4 Å². The number of nitrogens with zero attached hydrogens (tertiary/aromatic N) is 2. The first-order chi connectivity index (χ1) is 13.7. The average molecular weight is 432 g/mol. The molecule has 0 fully saturated rings. The lowest BCUT2D eigenvalue weighted by Crippen LogP contribution is -2.34. The molecule has 0 saturated heterocycles. The molecule has 0 spiro atoms. The summed E-state index contributed by atoms with van der Waals surface area (Å²) in [4.78, 5) is 17.0. The quantitative estimate of drug-likeness (QED) is 0.679. The zero-order valence-corrected chi connectivity index (χ0v) is 17.3. The lowest BCUT2D eigenvalue weighted by Gasteiger charge is -2.21. The molecule has 0 saturated carbocycles. The number of carbonyl (C=O) groups excluding carboxylic acids is 1. The maximum Gasteiger partial charge on any atom is 0.257 e. The van der Waals surface area contributed by atoms with Crippen molar-refractivity contribution in [3.05, 3.63) is 64.8 Å². The Kier molecular flexibility index (Phi) is 4.87. The van der Waals surface area contributed by atoms with Gasteiger partial charge in [0.25, 0.3) is 5.91 Å². The summed E-state index contributed by atoms with van der Waals surface area (Å²) in [7, 11) is -3.37. The second kappa shape index (κ2) is 7.23. The Labute approximate surface area is 172 Å². The number of thiazole rings is 1. The van der Waals surface area contributed by atoms with E-state index in [0.29, 0.717) is 28.5 Å². The number of aromatic nitrogens is 1. The van der Waals surface area contributed by atoms with Crippen LogP contribution in [0, 0.1) is 5.82 Å². The molecule has 1 N–H and O–H groups in total. The number of fused-ring (bicyclic) bond motifs is 1. The highest BCUT2D eigenvalue weighted by atomic mass is 32.2. The van der Waals surface area contributed by atoms with Crippen molar-refractivity contribution in [1.29, 1.82) is 0 Å². The van der Waals surface area contributed by atoms with Gasteiger partial charge in [0.1, 0.15) is 5.82 Å². The Morgan fingerprint density at radius 1 is 1.24 bits per heavy atom. The summed E-state index contributed by atoms with van der Waals surface area (Å²) in [6.07, 6.45) is 1.73. The lowest BCUT2D eigenvalue weighted by molar-refractivity contribution is 0.102. The summed E-state index contributed by atoms with van der Waals surface area (Å²) in [5, 5.41) is 4.99. The molecule has 1 aliphatic heterocycles. The van der Waals surface area contributed by atoms with Crippen molar-refractivity contribution in [3.8, 4) is 11.3 Å². The molecule has 29 heavy (non-hydrogen) atoms. The van der Waals surface area contributed by atoms with Gasteiger partial charge < -0.3 is 0 Å². The predicted octanol–water partition coefficient (Wildman–Crippen LogP) is 3.91. The highest BCUT2D eigenvalue weighted by molar-refractivity contribution is 7.92. The van der Waals surface area contributed by atoms with Gasteiger partial charge in [-0.15, -0.1) is 11.3 Å². The number of anilines is 2. The Morgan fingerprint density at radius 3 is 2.66 bits per heavy atom. The van der Waals surface area contributed by atoms with Crippen molar-refractivity contribution in [2.24, 2.45) is 0 Å². The van der Waals surface area contributed by atoms with E-state index in [4.69, 9.17) is 0 Å². The number of carbonyl (C=O) groups is 1. The molecule has 150 valence electrons. The minimum Gasteiger partial charge on any atom is -0.298 e. The minimum atomic E-state index is -3.37. The normalized spacial score (nSPS) is 16.0. The maximum atomic E-state index is 13.1. The number of rotatable bonds is 4. The fourth-order valence-corrected chi connectivity index (χ4v) is 5.48. The first kappa shape index (κ1) is 19.5. The largest absolute Gasteiger partial charge is 0.298 e. The van der Waals surface area contributed by atoms with Gasteiger partial charge in [0.2, 0.25) is 10.0 Å². The van der Waals surface area contributed by atoms with E-state index in [1.807, 2.05) is 6.92 Å². The van der Waals surface area contributed by atoms with E-state index < -0.39 is 10.0 Å². The second-order valence-corrected chi connectivity index (χ2v) is 9.67. The smallest absolute Gasteiger partial charge is 0.257 e. The van der Waals surface area contributed by atoms with Crippen LogP contribution < -0.4 is 9.62 Å². The topological polar surface area (TPSA) is 79.4 Å². The van der Waals surface area contributed by atoms with Crippen LogP contribution in [0.25, 0.3) is 11.3 Å². The maximum absolute atomic E-state index is 13.1. The van der Waals surface area contributed by atoms with Crippen LogP contribution in [0.1, 0.15) is 22.8 Å². The van der Waals surface area contributed by atoms with Crippen LogP contribution in [0.15, 0.2) is 47.8 Å². The van der Waals surface area contributed by atoms with Crippen molar-refractivity contribution < 1.29 is 17.6 Å². The lowest BCUT2D eigenvalue weighted by atomic mass is 10.1. The van der Waals surface area contributed by atoms with Crippen molar-refractivity contribution in [1.82, 2.24) is 4.98 Å². The zero-order valence-electron chi connectivity index (χ0n) is 15.7. The van der Waals surface area contributed by atoms with Gasteiger partial charge >= 0.3 is 0 Å². The Morgan fingerprint density at radius 2 is 1.97 bits per heavy atom. The molecule has 3 aromatic rings. The fraction of sp³-hybridized carbons (Fsp3) is 0.200. The number of nitrogens with one attached hydrogen (secondary N) is 1. The third-order valence-corrected chi connectivity index (χ3v) is 6.75. The van der Waals surface area contributed by atoms with E-state index in [1.54, 1.807) is 35.7 Å². The van der Waals surface area contributed by atoms with Crippen molar-refractivity contribution in [2.75, 3.05) is 15.9 Å². The van der Waals surface area contributed by atoms with E-state index >= 15 is 0 Å². The number of halogens is 1. The summed E-state index contributed by atoms with van der Waals surface area (Å²) in [5.41, 5.74) is 3.28. The number of hydrogen-bond donors (Lipinski definition) is 1. The van der Waals surface area contributed by atoms with Gasteiger partial charge in [0.05, 0.1) is 17.6 Å². The third-order valence-electron chi connectivity index (χ3n) is 4.72. The van der Waals surface area contributed by atoms with Crippen LogP contribution in [0.4, 0.5) is 15.2 Å². The van der Waals surface area contributed by atoms with E-state index in [0.717, 1.165) is 11.1 Å². The number of sulfonamides is 1. The van der Waals surface area contributed by atoms with Crippen LogP contribution in [0.5, 0.6) is 0 Å². The molecular formula is C20H18FN3O3S2. The second-order valence-electron chi connectivity index (χ2n) is 6.95. The molecule has 0 radical (unpaired) electrons. The van der Waals surface area contributed by atoms with Crippen LogP contribution in [0.2, 0.25) is 0 Å². The molecule has 0 aliphatic carbocycles. The van der Waals surface area contributed by atoms with Gasteiger partial charge in [-0.05, 0) is 61.4 Å². The summed E-state index contributed by atoms with van der Waals surface area (Å²) < 4.78 is 38.5. The van der Waals surface area contributed by atoms with Gasteiger partial charge in [0, 0.05) is 22.5 Å². The number of hydrogen-bond acceptors (Lipinski definition) is 5. The van der Waals surface area contributed by atoms with Crippen LogP contribution in [-0.4, -0.2) is 31.6 Å². The molecule has 6 nitrogen and oxygen atoms in total. The van der Waals surface area contributed by atoms with E-state index in [-0.39, 0.29) is 17.8 Å². The molecule has 9 heteroatoms. The van der Waals surface area contributed by atoms with Crippen molar-refractivity contribution in [3.63, 3.8) is 0 Å². The highest BCUT2D eigenvalue weighted by Crippen LogP contribution is 2.35.